The summed E-state index contributed by atoms with van der Waals surface area (Å²) in [5.41, 5.74) is 0.452. The van der Waals surface area contributed by atoms with Crippen LogP contribution in [0.1, 0.15) is 35.3 Å². The van der Waals surface area contributed by atoms with Gasteiger partial charge in [-0.2, -0.15) is 0 Å². The second-order valence-electron chi connectivity index (χ2n) is 8.59. The molecule has 2 nitrogen and oxygen atoms in total. The van der Waals surface area contributed by atoms with Crippen molar-refractivity contribution in [3.05, 3.63) is 126 Å². The molecule has 0 heterocycles. The average molecular weight is 482 g/mol. The summed E-state index contributed by atoms with van der Waals surface area (Å²) in [4.78, 5) is 16.4. The fourth-order valence-corrected chi connectivity index (χ4v) is 5.66. The van der Waals surface area contributed by atoms with Crippen LogP contribution in [-0.2, 0) is 15.6 Å². The molecule has 0 N–H and O–H groups in total. The summed E-state index contributed by atoms with van der Waals surface area (Å²) in [5.74, 6) is 4.84. The molecule has 4 heteroatoms. The number of esters is 1. The van der Waals surface area contributed by atoms with Crippen molar-refractivity contribution in [2.24, 2.45) is 0 Å². The summed E-state index contributed by atoms with van der Waals surface area (Å²) in [6.45, 7) is 5.22. The third-order valence-electron chi connectivity index (χ3n) is 5.23. The summed E-state index contributed by atoms with van der Waals surface area (Å²) in [7, 11) is -0.375. The molecule has 174 valence electrons. The highest BCUT2D eigenvalue weighted by Gasteiger charge is 2.30. The maximum absolute atomic E-state index is 14.1. The van der Waals surface area contributed by atoms with E-state index in [1.54, 1.807) is 32.0 Å². The molecule has 0 radical (unpaired) electrons. The van der Waals surface area contributed by atoms with Crippen molar-refractivity contribution in [3.8, 4) is 11.8 Å². The SMILES string of the molecule is Cc1ccc(C#CC(C)(C)OC(=O)c2cccc([S+](c3ccccc3)c3ccccc3)c2)c(F)c1. The van der Waals surface area contributed by atoms with Crippen molar-refractivity contribution in [1.82, 2.24) is 0 Å². The maximum Gasteiger partial charge on any atom is 0.339 e. The number of carbonyl (C=O) groups excluding carboxylic acids is 1. The first-order chi connectivity index (χ1) is 16.8. The van der Waals surface area contributed by atoms with Gasteiger partial charge in [0, 0.05) is 6.07 Å². The van der Waals surface area contributed by atoms with Crippen LogP contribution < -0.4 is 0 Å². The average Bonchev–Trinajstić information content (AvgIpc) is 2.85. The van der Waals surface area contributed by atoms with Crippen LogP contribution in [0.3, 0.4) is 0 Å². The zero-order valence-electron chi connectivity index (χ0n) is 19.9. The largest absolute Gasteiger partial charge is 0.443 e. The molecule has 0 aromatic heterocycles. The van der Waals surface area contributed by atoms with Gasteiger partial charge in [0.2, 0.25) is 0 Å². The van der Waals surface area contributed by atoms with Crippen LogP contribution >= 0.6 is 0 Å². The molecule has 4 aromatic carbocycles. The molecule has 0 unspecified atom stereocenters. The molecule has 0 amide bonds. The minimum atomic E-state index is -1.09. The summed E-state index contributed by atoms with van der Waals surface area (Å²) >= 11 is 0. The van der Waals surface area contributed by atoms with Gasteiger partial charge in [0.1, 0.15) is 5.82 Å². The number of halogens is 1. The smallest absolute Gasteiger partial charge is 0.339 e. The standard InChI is InChI=1S/C31H26FO2S/c1-23-17-18-24(29(32)21-23)19-20-31(2,3)34-30(33)25-11-10-16-28(22-25)35(26-12-6-4-7-13-26)27-14-8-5-9-15-27/h4-18,21-22H,1-3H3/q+1. The Morgan fingerprint density at radius 3 is 2.00 bits per heavy atom. The minimum absolute atomic E-state index is 0.275. The molecule has 0 atom stereocenters. The van der Waals surface area contributed by atoms with Crippen LogP contribution in [0.5, 0.6) is 0 Å². The van der Waals surface area contributed by atoms with Gasteiger partial charge in [-0.25, -0.2) is 9.18 Å². The molecule has 4 rings (SSSR count). The molecule has 0 fully saturated rings. The second-order valence-corrected chi connectivity index (χ2v) is 10.6. The predicted molar refractivity (Wildman–Crippen MR) is 139 cm³/mol. The quantitative estimate of drug-likeness (QED) is 0.171. The fourth-order valence-electron chi connectivity index (χ4n) is 3.53. The minimum Gasteiger partial charge on any atom is -0.443 e. The Morgan fingerprint density at radius 2 is 1.40 bits per heavy atom. The monoisotopic (exact) mass is 481 g/mol. The van der Waals surface area contributed by atoms with E-state index in [0.717, 1.165) is 20.2 Å². The number of rotatable bonds is 5. The van der Waals surface area contributed by atoms with Crippen LogP contribution in [0.2, 0.25) is 0 Å². The Labute approximate surface area is 209 Å². The third-order valence-corrected chi connectivity index (χ3v) is 7.45. The Morgan fingerprint density at radius 1 is 0.800 bits per heavy atom. The van der Waals surface area contributed by atoms with Crippen LogP contribution in [0.15, 0.2) is 118 Å². The number of ether oxygens (including phenoxy) is 1. The molecule has 0 aliphatic rings. The van der Waals surface area contributed by atoms with E-state index in [9.17, 15) is 9.18 Å². The maximum atomic E-state index is 14.1. The van der Waals surface area contributed by atoms with Gasteiger partial charge in [0.05, 0.1) is 22.0 Å². The van der Waals surface area contributed by atoms with E-state index in [-0.39, 0.29) is 22.3 Å². The Bertz CT molecular complexity index is 1350. The first-order valence-electron chi connectivity index (χ1n) is 11.3. The van der Waals surface area contributed by atoms with Gasteiger partial charge in [-0.3, -0.25) is 0 Å². The molecule has 0 saturated carbocycles. The Balaban J connectivity index is 1.60. The lowest BCUT2D eigenvalue weighted by molar-refractivity contribution is 0.0204. The molecule has 0 aliphatic carbocycles. The Hall–Kier alpha value is -3.81. The van der Waals surface area contributed by atoms with Crippen molar-refractivity contribution in [1.29, 1.82) is 0 Å². The van der Waals surface area contributed by atoms with E-state index < -0.39 is 11.6 Å². The molecule has 4 aromatic rings. The van der Waals surface area contributed by atoms with Gasteiger partial charge in [0.25, 0.3) is 0 Å². The molecule has 0 bridgehead atoms. The predicted octanol–water partition coefficient (Wildman–Crippen LogP) is 7.22. The van der Waals surface area contributed by atoms with Gasteiger partial charge in [0.15, 0.2) is 20.3 Å². The lowest BCUT2D eigenvalue weighted by Gasteiger charge is -2.19. The first kappa shape index (κ1) is 24.3. The number of benzene rings is 4. The molecule has 0 aliphatic heterocycles. The summed E-state index contributed by atoms with van der Waals surface area (Å²) in [6, 6.07) is 32.9. The summed E-state index contributed by atoms with van der Waals surface area (Å²) < 4.78 is 19.9. The highest BCUT2D eigenvalue weighted by molar-refractivity contribution is 7.97. The van der Waals surface area contributed by atoms with Crippen molar-refractivity contribution in [3.63, 3.8) is 0 Å². The fraction of sp³-hybridized carbons (Fsp3) is 0.129. The normalized spacial score (nSPS) is 11.0. The third kappa shape index (κ3) is 6.20. The lowest BCUT2D eigenvalue weighted by Crippen LogP contribution is -2.26. The van der Waals surface area contributed by atoms with Crippen molar-refractivity contribution in [2.75, 3.05) is 0 Å². The number of aryl methyl sites for hydroxylation is 1. The lowest BCUT2D eigenvalue weighted by atomic mass is 10.1. The van der Waals surface area contributed by atoms with Gasteiger partial charge < -0.3 is 4.74 Å². The molecule has 35 heavy (non-hydrogen) atoms. The number of hydrogen-bond acceptors (Lipinski definition) is 2. The van der Waals surface area contributed by atoms with E-state index in [0.29, 0.717) is 5.56 Å². The number of hydrogen-bond donors (Lipinski definition) is 0. The van der Waals surface area contributed by atoms with E-state index in [1.165, 1.54) is 6.07 Å². The zero-order valence-corrected chi connectivity index (χ0v) is 20.7. The highest BCUT2D eigenvalue weighted by atomic mass is 32.2. The summed E-state index contributed by atoms with van der Waals surface area (Å²) in [5, 5.41) is 0. The van der Waals surface area contributed by atoms with Crippen molar-refractivity contribution < 1.29 is 13.9 Å². The highest BCUT2D eigenvalue weighted by Crippen LogP contribution is 2.31. The summed E-state index contributed by atoms with van der Waals surface area (Å²) in [6.07, 6.45) is 0. The van der Waals surface area contributed by atoms with E-state index in [1.807, 2.05) is 61.5 Å². The van der Waals surface area contributed by atoms with Crippen LogP contribution in [0.25, 0.3) is 0 Å². The van der Waals surface area contributed by atoms with Crippen LogP contribution in [0, 0.1) is 24.6 Å². The van der Waals surface area contributed by atoms with Crippen molar-refractivity contribution in [2.45, 2.75) is 41.1 Å². The molecule has 0 spiro atoms. The molecular formula is C31H26FO2S+. The molecular weight excluding hydrogens is 455 g/mol. The Kier molecular flexibility index (Phi) is 7.39. The van der Waals surface area contributed by atoms with Gasteiger partial charge >= 0.3 is 5.97 Å². The number of carbonyl (C=O) groups is 1. The topological polar surface area (TPSA) is 26.3 Å². The van der Waals surface area contributed by atoms with Crippen LogP contribution in [0.4, 0.5) is 4.39 Å². The van der Waals surface area contributed by atoms with E-state index >= 15 is 0 Å². The van der Waals surface area contributed by atoms with E-state index in [2.05, 4.69) is 36.1 Å². The first-order valence-corrected chi connectivity index (χ1v) is 12.5. The second kappa shape index (κ2) is 10.6. The van der Waals surface area contributed by atoms with Crippen LogP contribution in [-0.4, -0.2) is 11.6 Å². The molecule has 0 saturated heterocycles. The van der Waals surface area contributed by atoms with Gasteiger partial charge in [-0.05, 0) is 74.9 Å². The zero-order chi connectivity index (χ0) is 24.8. The van der Waals surface area contributed by atoms with Crippen molar-refractivity contribution >= 4 is 16.9 Å². The van der Waals surface area contributed by atoms with Gasteiger partial charge in [-0.15, -0.1) is 0 Å². The van der Waals surface area contributed by atoms with E-state index in [4.69, 9.17) is 4.74 Å². The van der Waals surface area contributed by atoms with Gasteiger partial charge in [-0.1, -0.05) is 60.4 Å².